The van der Waals surface area contributed by atoms with Crippen LogP contribution in [0.2, 0.25) is 0 Å². The summed E-state index contributed by atoms with van der Waals surface area (Å²) in [5.41, 5.74) is 0.676. The zero-order valence-corrected chi connectivity index (χ0v) is 16.3. The maximum absolute atomic E-state index is 13.3. The first-order chi connectivity index (χ1) is 14.0. The number of para-hydroxylation sites is 1. The number of thioether (sulfide) groups is 1. The van der Waals surface area contributed by atoms with E-state index >= 15 is 0 Å². The predicted octanol–water partition coefficient (Wildman–Crippen LogP) is 4.52. The SMILES string of the molecule is O=C(CSc1nc2ccccc2c(=O)n1C1CCCC1)Nc1ccc(F)c(F)c1. The number of rotatable bonds is 5. The van der Waals surface area contributed by atoms with Gasteiger partial charge in [0, 0.05) is 17.8 Å². The van der Waals surface area contributed by atoms with Gasteiger partial charge in [-0.15, -0.1) is 0 Å². The molecule has 1 N–H and O–H groups in total. The van der Waals surface area contributed by atoms with Crippen molar-refractivity contribution < 1.29 is 13.6 Å². The highest BCUT2D eigenvalue weighted by Gasteiger charge is 2.23. The molecule has 0 atom stereocenters. The minimum Gasteiger partial charge on any atom is -0.325 e. The Kier molecular flexibility index (Phi) is 5.62. The van der Waals surface area contributed by atoms with E-state index in [1.165, 1.54) is 17.8 Å². The summed E-state index contributed by atoms with van der Waals surface area (Å²) in [5.74, 6) is -2.39. The lowest BCUT2D eigenvalue weighted by molar-refractivity contribution is -0.113. The van der Waals surface area contributed by atoms with E-state index in [1.54, 1.807) is 16.7 Å². The quantitative estimate of drug-likeness (QED) is 0.492. The molecule has 1 heterocycles. The number of halogens is 2. The first kappa shape index (κ1) is 19.6. The number of fused-ring (bicyclic) bond motifs is 1. The number of benzene rings is 2. The molecule has 1 fully saturated rings. The standard InChI is InChI=1S/C21H19F2N3O2S/c22-16-10-9-13(11-17(16)23)24-19(27)12-29-21-25-18-8-4-3-7-15(18)20(28)26(21)14-5-1-2-6-14/h3-4,7-11,14H,1-2,5-6,12H2,(H,24,27). The van der Waals surface area contributed by atoms with Crippen molar-refractivity contribution in [2.45, 2.75) is 36.9 Å². The summed E-state index contributed by atoms with van der Waals surface area (Å²) in [6.45, 7) is 0. The third kappa shape index (κ3) is 4.17. The lowest BCUT2D eigenvalue weighted by Gasteiger charge is -2.18. The van der Waals surface area contributed by atoms with Crippen LogP contribution in [0.4, 0.5) is 14.5 Å². The van der Waals surface area contributed by atoms with Gasteiger partial charge in [0.25, 0.3) is 5.56 Å². The van der Waals surface area contributed by atoms with Crippen molar-refractivity contribution in [3.05, 3.63) is 64.5 Å². The van der Waals surface area contributed by atoms with Gasteiger partial charge in [-0.2, -0.15) is 0 Å². The molecule has 5 nitrogen and oxygen atoms in total. The number of carbonyl (C=O) groups excluding carboxylic acids is 1. The van der Waals surface area contributed by atoms with E-state index in [1.807, 2.05) is 12.1 Å². The molecule has 2 aromatic carbocycles. The Hall–Kier alpha value is -2.74. The normalized spacial score (nSPS) is 14.4. The monoisotopic (exact) mass is 415 g/mol. The predicted molar refractivity (Wildman–Crippen MR) is 109 cm³/mol. The molecule has 29 heavy (non-hydrogen) atoms. The molecule has 1 aliphatic carbocycles. The lowest BCUT2D eigenvalue weighted by Crippen LogP contribution is -2.27. The van der Waals surface area contributed by atoms with Crippen molar-refractivity contribution in [3.63, 3.8) is 0 Å². The van der Waals surface area contributed by atoms with Crippen molar-refractivity contribution >= 4 is 34.3 Å². The Bertz CT molecular complexity index is 1130. The zero-order chi connectivity index (χ0) is 20.4. The van der Waals surface area contributed by atoms with Crippen LogP contribution in [0, 0.1) is 11.6 Å². The molecule has 0 unspecified atom stereocenters. The fraction of sp³-hybridized carbons (Fsp3) is 0.286. The van der Waals surface area contributed by atoms with Crippen LogP contribution in [0.15, 0.2) is 52.4 Å². The number of hydrogen-bond donors (Lipinski definition) is 1. The Morgan fingerprint density at radius 2 is 1.90 bits per heavy atom. The van der Waals surface area contributed by atoms with Crippen LogP contribution in [0.5, 0.6) is 0 Å². The molecular weight excluding hydrogens is 396 g/mol. The summed E-state index contributed by atoms with van der Waals surface area (Å²) in [4.78, 5) is 30.0. The minimum atomic E-state index is -1.03. The average molecular weight is 415 g/mol. The van der Waals surface area contributed by atoms with Gasteiger partial charge in [0.15, 0.2) is 16.8 Å². The van der Waals surface area contributed by atoms with Crippen LogP contribution in [0.3, 0.4) is 0 Å². The summed E-state index contributed by atoms with van der Waals surface area (Å²) in [6, 6.07) is 10.4. The van der Waals surface area contributed by atoms with Gasteiger partial charge in [-0.3, -0.25) is 14.2 Å². The molecule has 150 valence electrons. The maximum atomic E-state index is 13.3. The molecule has 1 saturated carbocycles. The van der Waals surface area contributed by atoms with Crippen LogP contribution in [0.1, 0.15) is 31.7 Å². The van der Waals surface area contributed by atoms with Crippen molar-refractivity contribution in [2.24, 2.45) is 0 Å². The van der Waals surface area contributed by atoms with Gasteiger partial charge in [0.1, 0.15) is 0 Å². The van der Waals surface area contributed by atoms with E-state index in [0.29, 0.717) is 16.1 Å². The number of hydrogen-bond acceptors (Lipinski definition) is 4. The minimum absolute atomic E-state index is 0.00348. The summed E-state index contributed by atoms with van der Waals surface area (Å²) >= 11 is 1.17. The molecule has 1 aliphatic rings. The molecule has 0 radical (unpaired) electrons. The van der Waals surface area contributed by atoms with Crippen LogP contribution in [-0.2, 0) is 4.79 Å². The van der Waals surface area contributed by atoms with E-state index in [2.05, 4.69) is 10.3 Å². The second-order valence-corrected chi connectivity index (χ2v) is 7.93. The van der Waals surface area contributed by atoms with Gasteiger partial charge in [-0.1, -0.05) is 36.7 Å². The topological polar surface area (TPSA) is 64.0 Å². The Morgan fingerprint density at radius 3 is 2.66 bits per heavy atom. The van der Waals surface area contributed by atoms with Crippen LogP contribution in [0.25, 0.3) is 10.9 Å². The number of aromatic nitrogens is 2. The molecule has 0 saturated heterocycles. The van der Waals surface area contributed by atoms with Gasteiger partial charge in [-0.25, -0.2) is 13.8 Å². The number of carbonyl (C=O) groups is 1. The summed E-state index contributed by atoms with van der Waals surface area (Å²) < 4.78 is 28.1. The van der Waals surface area contributed by atoms with Gasteiger partial charge in [-0.05, 0) is 37.1 Å². The number of amides is 1. The summed E-state index contributed by atoms with van der Waals surface area (Å²) in [5, 5.41) is 3.61. The zero-order valence-electron chi connectivity index (χ0n) is 15.5. The Labute approximate surface area is 170 Å². The molecule has 0 spiro atoms. The van der Waals surface area contributed by atoms with E-state index in [-0.39, 0.29) is 28.9 Å². The van der Waals surface area contributed by atoms with Crippen molar-refractivity contribution in [3.8, 4) is 0 Å². The highest BCUT2D eigenvalue weighted by atomic mass is 32.2. The fourth-order valence-electron chi connectivity index (χ4n) is 3.61. The van der Waals surface area contributed by atoms with Crippen LogP contribution >= 0.6 is 11.8 Å². The number of nitrogens with one attached hydrogen (secondary N) is 1. The molecule has 4 rings (SSSR count). The maximum Gasteiger partial charge on any atom is 0.262 e. The smallest absolute Gasteiger partial charge is 0.262 e. The summed E-state index contributed by atoms with van der Waals surface area (Å²) in [7, 11) is 0. The largest absolute Gasteiger partial charge is 0.325 e. The fourth-order valence-corrected chi connectivity index (χ4v) is 4.48. The summed E-state index contributed by atoms with van der Waals surface area (Å²) in [6.07, 6.45) is 3.94. The highest BCUT2D eigenvalue weighted by molar-refractivity contribution is 7.99. The van der Waals surface area contributed by atoms with Gasteiger partial charge >= 0.3 is 0 Å². The average Bonchev–Trinajstić information content (AvgIpc) is 3.23. The molecule has 0 bridgehead atoms. The second-order valence-electron chi connectivity index (χ2n) is 6.99. The second kappa shape index (κ2) is 8.32. The van der Waals surface area contributed by atoms with Crippen molar-refractivity contribution in [1.29, 1.82) is 0 Å². The first-order valence-corrected chi connectivity index (χ1v) is 10.4. The van der Waals surface area contributed by atoms with Gasteiger partial charge in [0.05, 0.1) is 16.7 Å². The molecule has 0 aliphatic heterocycles. The van der Waals surface area contributed by atoms with E-state index < -0.39 is 11.6 Å². The third-order valence-electron chi connectivity index (χ3n) is 5.00. The molecule has 8 heteroatoms. The van der Waals surface area contributed by atoms with E-state index in [0.717, 1.165) is 37.8 Å². The van der Waals surface area contributed by atoms with Gasteiger partial charge < -0.3 is 5.32 Å². The van der Waals surface area contributed by atoms with Crippen molar-refractivity contribution in [2.75, 3.05) is 11.1 Å². The van der Waals surface area contributed by atoms with Gasteiger partial charge in [0.2, 0.25) is 5.91 Å². The Balaban J connectivity index is 1.58. The molecular formula is C21H19F2N3O2S. The van der Waals surface area contributed by atoms with Crippen LogP contribution < -0.4 is 10.9 Å². The third-order valence-corrected chi connectivity index (χ3v) is 5.95. The lowest BCUT2D eigenvalue weighted by atomic mass is 10.2. The first-order valence-electron chi connectivity index (χ1n) is 9.42. The van der Waals surface area contributed by atoms with Crippen LogP contribution in [-0.4, -0.2) is 21.2 Å². The Morgan fingerprint density at radius 1 is 1.14 bits per heavy atom. The molecule has 1 amide bonds. The molecule has 3 aromatic rings. The van der Waals surface area contributed by atoms with E-state index in [4.69, 9.17) is 0 Å². The highest BCUT2D eigenvalue weighted by Crippen LogP contribution is 2.32. The number of anilines is 1. The van der Waals surface area contributed by atoms with Crippen molar-refractivity contribution in [1.82, 2.24) is 9.55 Å². The molecule has 1 aromatic heterocycles. The van der Waals surface area contributed by atoms with E-state index in [9.17, 15) is 18.4 Å². The number of nitrogens with zero attached hydrogens (tertiary/aromatic N) is 2.